The molecule has 20 heavy (non-hydrogen) atoms. The van der Waals surface area contributed by atoms with Gasteiger partial charge in [-0.05, 0) is 29.1 Å². The van der Waals surface area contributed by atoms with E-state index in [4.69, 9.17) is 5.11 Å². The van der Waals surface area contributed by atoms with E-state index < -0.39 is 10.0 Å². The third-order valence-corrected chi connectivity index (χ3v) is 5.76. The molecule has 0 aliphatic carbocycles. The highest BCUT2D eigenvalue weighted by Crippen LogP contribution is 2.21. The molecule has 0 spiro atoms. The van der Waals surface area contributed by atoms with Crippen LogP contribution in [0.25, 0.3) is 0 Å². The van der Waals surface area contributed by atoms with Crippen LogP contribution in [0.15, 0.2) is 46.7 Å². The van der Waals surface area contributed by atoms with Crippen LogP contribution in [0.3, 0.4) is 0 Å². The summed E-state index contributed by atoms with van der Waals surface area (Å²) in [6.45, 7) is 2.44. The molecular weight excluding hydrogens is 294 g/mol. The Bertz CT molecular complexity index is 651. The molecule has 1 N–H and O–H groups in total. The lowest BCUT2D eigenvalue weighted by Gasteiger charge is -2.20. The molecule has 6 heteroatoms. The van der Waals surface area contributed by atoms with Gasteiger partial charge in [0.2, 0.25) is 10.0 Å². The molecule has 0 radical (unpaired) electrons. The summed E-state index contributed by atoms with van der Waals surface area (Å²) in [5, 5.41) is 11.1. The van der Waals surface area contributed by atoms with Crippen LogP contribution in [0.2, 0.25) is 0 Å². The zero-order chi connectivity index (χ0) is 14.6. The number of rotatable bonds is 6. The maximum absolute atomic E-state index is 12.6. The molecule has 2 rings (SSSR count). The van der Waals surface area contributed by atoms with E-state index in [1.165, 1.54) is 21.7 Å². The summed E-state index contributed by atoms with van der Waals surface area (Å²) in [4.78, 5) is 1.23. The van der Waals surface area contributed by atoms with Gasteiger partial charge in [-0.3, -0.25) is 0 Å². The Balaban J connectivity index is 2.31. The van der Waals surface area contributed by atoms with Crippen molar-refractivity contribution in [2.75, 3.05) is 6.54 Å². The van der Waals surface area contributed by atoms with Crippen LogP contribution in [0.4, 0.5) is 0 Å². The van der Waals surface area contributed by atoms with Crippen molar-refractivity contribution in [3.05, 3.63) is 52.2 Å². The predicted octanol–water partition coefficient (Wildman–Crippen LogP) is 2.45. The Morgan fingerprint density at radius 3 is 2.65 bits per heavy atom. The standard InChI is InChI=1S/C14H17NO3S2/c1-2-15(10-13-6-4-8-19-13)20(17,18)14-7-3-5-12(9-14)11-16/h3-9,16H,2,10-11H2,1H3. The van der Waals surface area contributed by atoms with Crippen molar-refractivity contribution in [2.24, 2.45) is 0 Å². The highest BCUT2D eigenvalue weighted by atomic mass is 32.2. The predicted molar refractivity (Wildman–Crippen MR) is 80.0 cm³/mol. The minimum Gasteiger partial charge on any atom is -0.392 e. The van der Waals surface area contributed by atoms with Gasteiger partial charge in [0.25, 0.3) is 0 Å². The first-order valence-electron chi connectivity index (χ1n) is 6.30. The van der Waals surface area contributed by atoms with Crippen molar-refractivity contribution in [3.8, 4) is 0 Å². The largest absolute Gasteiger partial charge is 0.392 e. The number of benzene rings is 1. The Morgan fingerprint density at radius 2 is 2.05 bits per heavy atom. The van der Waals surface area contributed by atoms with E-state index in [1.54, 1.807) is 18.2 Å². The molecule has 0 unspecified atom stereocenters. The molecule has 4 nitrogen and oxygen atoms in total. The molecule has 0 amide bonds. The third-order valence-electron chi connectivity index (χ3n) is 2.98. The number of aliphatic hydroxyl groups is 1. The molecule has 0 saturated heterocycles. The fourth-order valence-corrected chi connectivity index (χ4v) is 4.20. The fourth-order valence-electron chi connectivity index (χ4n) is 1.90. The number of sulfonamides is 1. The van der Waals surface area contributed by atoms with Gasteiger partial charge < -0.3 is 5.11 Å². The van der Waals surface area contributed by atoms with Crippen molar-refractivity contribution < 1.29 is 13.5 Å². The van der Waals surface area contributed by atoms with E-state index in [0.717, 1.165) is 4.88 Å². The van der Waals surface area contributed by atoms with Crippen molar-refractivity contribution in [1.29, 1.82) is 0 Å². The van der Waals surface area contributed by atoms with Crippen LogP contribution in [-0.4, -0.2) is 24.4 Å². The zero-order valence-electron chi connectivity index (χ0n) is 11.2. The maximum atomic E-state index is 12.6. The minimum atomic E-state index is -3.53. The summed E-state index contributed by atoms with van der Waals surface area (Å²) in [6.07, 6.45) is 0. The van der Waals surface area contributed by atoms with E-state index in [9.17, 15) is 8.42 Å². The van der Waals surface area contributed by atoms with Crippen LogP contribution < -0.4 is 0 Å². The Labute approximate surface area is 123 Å². The molecule has 0 bridgehead atoms. The summed E-state index contributed by atoms with van der Waals surface area (Å²) < 4.78 is 26.7. The van der Waals surface area contributed by atoms with Crippen LogP contribution in [-0.2, 0) is 23.2 Å². The van der Waals surface area contributed by atoms with Crippen LogP contribution in [0.5, 0.6) is 0 Å². The first-order valence-corrected chi connectivity index (χ1v) is 8.62. The topological polar surface area (TPSA) is 57.6 Å². The minimum absolute atomic E-state index is 0.166. The van der Waals surface area contributed by atoms with Crippen LogP contribution >= 0.6 is 11.3 Å². The third kappa shape index (κ3) is 3.27. The first kappa shape index (κ1) is 15.2. The second-order valence-electron chi connectivity index (χ2n) is 4.32. The van der Waals surface area contributed by atoms with Crippen LogP contribution in [0, 0.1) is 0 Å². The van der Waals surface area contributed by atoms with Gasteiger partial charge in [0.05, 0.1) is 11.5 Å². The van der Waals surface area contributed by atoms with Gasteiger partial charge >= 0.3 is 0 Å². The second-order valence-corrected chi connectivity index (χ2v) is 7.29. The molecule has 0 fully saturated rings. The molecule has 1 aromatic carbocycles. The van der Waals surface area contributed by atoms with E-state index in [2.05, 4.69) is 0 Å². The molecule has 0 aliphatic rings. The number of hydrogen-bond donors (Lipinski definition) is 1. The van der Waals surface area contributed by atoms with E-state index in [-0.39, 0.29) is 11.5 Å². The monoisotopic (exact) mass is 311 g/mol. The van der Waals surface area contributed by atoms with E-state index >= 15 is 0 Å². The molecular formula is C14H17NO3S2. The van der Waals surface area contributed by atoms with Crippen molar-refractivity contribution in [2.45, 2.75) is 25.0 Å². The average molecular weight is 311 g/mol. The molecule has 0 saturated carbocycles. The Morgan fingerprint density at radius 1 is 1.25 bits per heavy atom. The second kappa shape index (κ2) is 6.49. The summed E-state index contributed by atoms with van der Waals surface area (Å²) in [6, 6.07) is 10.3. The normalized spacial score (nSPS) is 11.9. The van der Waals surface area contributed by atoms with Crippen molar-refractivity contribution in [1.82, 2.24) is 4.31 Å². The van der Waals surface area contributed by atoms with Gasteiger partial charge in [0, 0.05) is 18.0 Å². The highest BCUT2D eigenvalue weighted by molar-refractivity contribution is 7.89. The Kier molecular flexibility index (Phi) is 4.93. The molecule has 108 valence electrons. The molecule has 2 aromatic rings. The molecule has 0 aliphatic heterocycles. The van der Waals surface area contributed by atoms with Gasteiger partial charge in [0.15, 0.2) is 0 Å². The summed E-state index contributed by atoms with van der Waals surface area (Å²) in [7, 11) is -3.53. The van der Waals surface area contributed by atoms with Crippen molar-refractivity contribution in [3.63, 3.8) is 0 Å². The lowest BCUT2D eigenvalue weighted by Crippen LogP contribution is -2.30. The summed E-state index contributed by atoms with van der Waals surface area (Å²) in [5.41, 5.74) is 0.596. The highest BCUT2D eigenvalue weighted by Gasteiger charge is 2.23. The van der Waals surface area contributed by atoms with Gasteiger partial charge in [-0.2, -0.15) is 4.31 Å². The van der Waals surface area contributed by atoms with Crippen LogP contribution in [0.1, 0.15) is 17.4 Å². The quantitative estimate of drug-likeness (QED) is 0.891. The Hall–Kier alpha value is -1.21. The number of aliphatic hydroxyl groups excluding tert-OH is 1. The van der Waals surface area contributed by atoms with Gasteiger partial charge in [0.1, 0.15) is 0 Å². The maximum Gasteiger partial charge on any atom is 0.243 e. The lowest BCUT2D eigenvalue weighted by molar-refractivity contribution is 0.281. The SMILES string of the molecule is CCN(Cc1cccs1)S(=O)(=O)c1cccc(CO)c1. The van der Waals surface area contributed by atoms with Gasteiger partial charge in [-0.15, -0.1) is 11.3 Å². The summed E-state index contributed by atoms with van der Waals surface area (Å²) in [5.74, 6) is 0. The van der Waals surface area contributed by atoms with Gasteiger partial charge in [-0.25, -0.2) is 8.42 Å². The number of nitrogens with zero attached hydrogens (tertiary/aromatic N) is 1. The molecule has 0 atom stereocenters. The fraction of sp³-hybridized carbons (Fsp3) is 0.286. The lowest BCUT2D eigenvalue weighted by atomic mass is 10.2. The number of hydrogen-bond acceptors (Lipinski definition) is 4. The summed E-state index contributed by atoms with van der Waals surface area (Å²) >= 11 is 1.54. The first-order chi connectivity index (χ1) is 9.57. The smallest absolute Gasteiger partial charge is 0.243 e. The van der Waals surface area contributed by atoms with E-state index in [0.29, 0.717) is 18.7 Å². The van der Waals surface area contributed by atoms with Crippen molar-refractivity contribution >= 4 is 21.4 Å². The molecule has 1 heterocycles. The number of thiophene rings is 1. The zero-order valence-corrected chi connectivity index (χ0v) is 12.8. The van der Waals surface area contributed by atoms with E-state index in [1.807, 2.05) is 24.4 Å². The van der Waals surface area contributed by atoms with Gasteiger partial charge in [-0.1, -0.05) is 25.1 Å². The average Bonchev–Trinajstić information content (AvgIpc) is 2.97. The molecule has 1 aromatic heterocycles.